The van der Waals surface area contributed by atoms with E-state index >= 15 is 0 Å². The van der Waals surface area contributed by atoms with Gasteiger partial charge in [-0.05, 0) is 60.1 Å². The lowest BCUT2D eigenvalue weighted by Gasteiger charge is -2.14. The molecule has 2 rings (SSSR count). The molecule has 1 atom stereocenters. The summed E-state index contributed by atoms with van der Waals surface area (Å²) in [6.45, 7) is 4.30. The molecule has 0 spiro atoms. The van der Waals surface area contributed by atoms with Crippen LogP contribution in [-0.4, -0.2) is 7.11 Å². The molecule has 0 aliphatic heterocycles. The zero-order valence-electron chi connectivity index (χ0n) is 10.7. The van der Waals surface area contributed by atoms with Crippen molar-refractivity contribution >= 4 is 33.0 Å². The predicted octanol–water partition coefficient (Wildman–Crippen LogP) is 5.00. The van der Waals surface area contributed by atoms with E-state index in [0.717, 1.165) is 15.9 Å². The third-order valence-corrected chi connectivity index (χ3v) is 4.53. The Bertz CT molecular complexity index is 538. The van der Waals surface area contributed by atoms with E-state index in [1.807, 2.05) is 29.5 Å². The van der Waals surface area contributed by atoms with E-state index in [0.29, 0.717) is 6.04 Å². The number of nitrogens with one attached hydrogen (secondary N) is 1. The van der Waals surface area contributed by atoms with Gasteiger partial charge in [-0.15, -0.1) is 11.3 Å². The minimum Gasteiger partial charge on any atom is -0.496 e. The van der Waals surface area contributed by atoms with Crippen LogP contribution in [-0.2, 0) is 0 Å². The normalized spacial score (nSPS) is 12.2. The lowest BCUT2D eigenvalue weighted by molar-refractivity contribution is 0.412. The maximum atomic E-state index is 5.22. The maximum Gasteiger partial charge on any atom is 0.133 e. The number of hydrogen-bond acceptors (Lipinski definition) is 3. The summed E-state index contributed by atoms with van der Waals surface area (Å²) < 4.78 is 6.18. The van der Waals surface area contributed by atoms with Crippen molar-refractivity contribution < 1.29 is 4.74 Å². The van der Waals surface area contributed by atoms with E-state index in [1.54, 1.807) is 7.11 Å². The van der Waals surface area contributed by atoms with Gasteiger partial charge in [0.1, 0.15) is 5.75 Å². The topological polar surface area (TPSA) is 21.3 Å². The average molecular weight is 326 g/mol. The van der Waals surface area contributed by atoms with Gasteiger partial charge in [0.15, 0.2) is 0 Å². The summed E-state index contributed by atoms with van der Waals surface area (Å²) in [4.78, 5) is 2.69. The van der Waals surface area contributed by atoms with E-state index in [-0.39, 0.29) is 0 Å². The molecule has 1 heterocycles. The Kier molecular flexibility index (Phi) is 4.30. The van der Waals surface area contributed by atoms with Gasteiger partial charge in [0.25, 0.3) is 0 Å². The predicted molar refractivity (Wildman–Crippen MR) is 81.8 cm³/mol. The summed E-state index contributed by atoms with van der Waals surface area (Å²) in [7, 11) is 1.67. The van der Waals surface area contributed by atoms with E-state index in [2.05, 4.69) is 47.2 Å². The van der Waals surface area contributed by atoms with Crippen molar-refractivity contribution in [1.29, 1.82) is 0 Å². The summed E-state index contributed by atoms with van der Waals surface area (Å²) in [5, 5.41) is 3.49. The Hall–Kier alpha value is -1.00. The first-order chi connectivity index (χ1) is 8.60. The average Bonchev–Trinajstić information content (AvgIpc) is 2.76. The minimum absolute atomic E-state index is 0.309. The number of benzene rings is 1. The van der Waals surface area contributed by atoms with Crippen LogP contribution >= 0.6 is 27.3 Å². The van der Waals surface area contributed by atoms with Crippen molar-refractivity contribution in [3.05, 3.63) is 44.6 Å². The molecule has 0 saturated heterocycles. The molecule has 96 valence electrons. The van der Waals surface area contributed by atoms with E-state index in [1.165, 1.54) is 9.75 Å². The quantitative estimate of drug-likeness (QED) is 0.853. The van der Waals surface area contributed by atoms with Crippen molar-refractivity contribution in [2.24, 2.45) is 0 Å². The molecule has 0 radical (unpaired) electrons. The molecule has 0 saturated carbocycles. The van der Waals surface area contributed by atoms with Gasteiger partial charge < -0.3 is 10.1 Å². The highest BCUT2D eigenvalue weighted by Gasteiger charge is 2.08. The summed E-state index contributed by atoms with van der Waals surface area (Å²) in [6, 6.07) is 10.7. The second-order valence-corrected chi connectivity index (χ2v) is 6.34. The van der Waals surface area contributed by atoms with Crippen LogP contribution in [0.15, 0.2) is 34.8 Å². The molecular formula is C14H16BrNOS. The van der Waals surface area contributed by atoms with Crippen LogP contribution in [0.4, 0.5) is 5.69 Å². The van der Waals surface area contributed by atoms with Crippen molar-refractivity contribution in [1.82, 2.24) is 0 Å². The first kappa shape index (κ1) is 13.4. The fourth-order valence-corrected chi connectivity index (χ4v) is 3.18. The molecule has 0 aliphatic carbocycles. The number of halogens is 1. The van der Waals surface area contributed by atoms with Crippen LogP contribution in [0.5, 0.6) is 5.75 Å². The number of aryl methyl sites for hydroxylation is 1. The molecule has 2 aromatic rings. The number of methoxy groups -OCH3 is 1. The van der Waals surface area contributed by atoms with Crippen molar-refractivity contribution in [2.75, 3.05) is 12.4 Å². The van der Waals surface area contributed by atoms with E-state index in [4.69, 9.17) is 4.74 Å². The molecule has 1 aromatic carbocycles. The molecule has 1 unspecified atom stereocenters. The Morgan fingerprint density at radius 1 is 1.28 bits per heavy atom. The molecule has 0 fully saturated rings. The zero-order chi connectivity index (χ0) is 13.1. The number of rotatable bonds is 4. The minimum atomic E-state index is 0.309. The molecular weight excluding hydrogens is 310 g/mol. The molecule has 0 bridgehead atoms. The van der Waals surface area contributed by atoms with Gasteiger partial charge in [-0.1, -0.05) is 0 Å². The van der Waals surface area contributed by atoms with Crippen LogP contribution in [0.2, 0.25) is 0 Å². The van der Waals surface area contributed by atoms with Crippen LogP contribution in [0.3, 0.4) is 0 Å². The SMILES string of the molecule is COc1ccc(NC(C)c2ccc(C)s2)cc1Br. The van der Waals surface area contributed by atoms with Gasteiger partial charge in [-0.3, -0.25) is 0 Å². The molecule has 2 nitrogen and oxygen atoms in total. The molecule has 1 N–H and O–H groups in total. The molecule has 1 aromatic heterocycles. The summed E-state index contributed by atoms with van der Waals surface area (Å²) in [6.07, 6.45) is 0. The fourth-order valence-electron chi connectivity index (χ4n) is 1.76. The van der Waals surface area contributed by atoms with Crippen LogP contribution in [0, 0.1) is 6.92 Å². The van der Waals surface area contributed by atoms with Crippen molar-refractivity contribution in [2.45, 2.75) is 19.9 Å². The molecule has 0 amide bonds. The van der Waals surface area contributed by atoms with Crippen LogP contribution in [0.25, 0.3) is 0 Å². The Morgan fingerprint density at radius 2 is 2.06 bits per heavy atom. The first-order valence-electron chi connectivity index (χ1n) is 5.76. The van der Waals surface area contributed by atoms with Gasteiger partial charge >= 0.3 is 0 Å². The van der Waals surface area contributed by atoms with E-state index < -0.39 is 0 Å². The van der Waals surface area contributed by atoms with Gasteiger partial charge in [0.05, 0.1) is 17.6 Å². The third kappa shape index (κ3) is 3.06. The zero-order valence-corrected chi connectivity index (χ0v) is 13.1. The van der Waals surface area contributed by atoms with Crippen molar-refractivity contribution in [3.8, 4) is 5.75 Å². The fraction of sp³-hybridized carbons (Fsp3) is 0.286. The van der Waals surface area contributed by atoms with E-state index in [9.17, 15) is 0 Å². The number of hydrogen-bond donors (Lipinski definition) is 1. The van der Waals surface area contributed by atoms with Crippen LogP contribution < -0.4 is 10.1 Å². The summed E-state index contributed by atoms with van der Waals surface area (Å²) in [5.41, 5.74) is 1.08. The Morgan fingerprint density at radius 3 is 2.61 bits per heavy atom. The largest absolute Gasteiger partial charge is 0.496 e. The third-order valence-electron chi connectivity index (χ3n) is 2.72. The summed E-state index contributed by atoms with van der Waals surface area (Å²) >= 11 is 5.32. The smallest absolute Gasteiger partial charge is 0.133 e. The second-order valence-electron chi connectivity index (χ2n) is 4.16. The highest BCUT2D eigenvalue weighted by molar-refractivity contribution is 9.10. The second kappa shape index (κ2) is 5.76. The van der Waals surface area contributed by atoms with Gasteiger partial charge in [0.2, 0.25) is 0 Å². The number of thiophene rings is 1. The Balaban J connectivity index is 2.12. The lowest BCUT2D eigenvalue weighted by Crippen LogP contribution is -2.04. The maximum absolute atomic E-state index is 5.22. The lowest BCUT2D eigenvalue weighted by atomic mass is 10.2. The van der Waals surface area contributed by atoms with Gasteiger partial charge in [-0.2, -0.15) is 0 Å². The van der Waals surface area contributed by atoms with Crippen LogP contribution in [0.1, 0.15) is 22.7 Å². The number of anilines is 1. The molecule has 4 heteroatoms. The molecule has 18 heavy (non-hydrogen) atoms. The van der Waals surface area contributed by atoms with Gasteiger partial charge in [0, 0.05) is 15.4 Å². The highest BCUT2D eigenvalue weighted by atomic mass is 79.9. The highest BCUT2D eigenvalue weighted by Crippen LogP contribution is 2.30. The van der Waals surface area contributed by atoms with Gasteiger partial charge in [-0.25, -0.2) is 0 Å². The summed E-state index contributed by atoms with van der Waals surface area (Å²) in [5.74, 6) is 0.847. The Labute approximate surface area is 120 Å². The standard InChI is InChI=1S/C14H16BrNOS/c1-9-4-7-14(18-9)10(2)16-11-5-6-13(17-3)12(15)8-11/h4-8,10,16H,1-3H3. The molecule has 0 aliphatic rings. The monoisotopic (exact) mass is 325 g/mol. The van der Waals surface area contributed by atoms with Crippen molar-refractivity contribution in [3.63, 3.8) is 0 Å². The first-order valence-corrected chi connectivity index (χ1v) is 7.37. The number of ether oxygens (including phenoxy) is 1.